The maximum atomic E-state index is 6.05. The predicted molar refractivity (Wildman–Crippen MR) is 74.7 cm³/mol. The van der Waals surface area contributed by atoms with Crippen LogP contribution in [0.5, 0.6) is 0 Å². The van der Waals surface area contributed by atoms with Crippen LogP contribution in [0.2, 0.25) is 0 Å². The number of benzene rings is 1. The van der Waals surface area contributed by atoms with Crippen LogP contribution in [0.1, 0.15) is 5.56 Å². The van der Waals surface area contributed by atoms with Gasteiger partial charge in [-0.1, -0.05) is 42.1 Å². The summed E-state index contributed by atoms with van der Waals surface area (Å²) in [4.78, 5) is 8.38. The summed E-state index contributed by atoms with van der Waals surface area (Å²) >= 11 is 1.57. The van der Waals surface area contributed by atoms with Gasteiger partial charge in [-0.3, -0.25) is 4.99 Å². The molecule has 0 bridgehead atoms. The van der Waals surface area contributed by atoms with Crippen LogP contribution in [0.15, 0.2) is 57.8 Å². The number of nitrogens with zero attached hydrogens (tertiary/aromatic N) is 4. The zero-order valence-corrected chi connectivity index (χ0v) is 10.4. The number of quaternary nitrogens is 1. The van der Waals surface area contributed by atoms with E-state index in [0.29, 0.717) is 11.0 Å². The molecule has 1 aromatic rings. The van der Waals surface area contributed by atoms with Crippen molar-refractivity contribution in [1.29, 1.82) is 0 Å². The lowest BCUT2D eigenvalue weighted by molar-refractivity contribution is -0.803. The van der Waals surface area contributed by atoms with Gasteiger partial charge in [0.25, 0.3) is 5.17 Å². The molecule has 2 heterocycles. The minimum Gasteiger partial charge on any atom is -0.251 e. The Bertz CT molecular complexity index is 575. The molecule has 0 aromatic heterocycles. The molecule has 2 aliphatic rings. The first-order valence-corrected chi connectivity index (χ1v) is 6.49. The molecule has 1 aromatic carbocycles. The first-order valence-electron chi connectivity index (χ1n) is 5.51. The van der Waals surface area contributed by atoms with Crippen molar-refractivity contribution < 1.29 is 4.70 Å². The quantitative estimate of drug-likeness (QED) is 0.650. The first kappa shape index (κ1) is 11.3. The zero-order valence-electron chi connectivity index (χ0n) is 9.60. The molecule has 1 unspecified atom stereocenters. The molecule has 0 fully saturated rings. The van der Waals surface area contributed by atoms with E-state index < -0.39 is 0 Å². The molecule has 0 radical (unpaired) electrons. The Kier molecular flexibility index (Phi) is 2.83. The molecule has 1 atom stereocenters. The van der Waals surface area contributed by atoms with Crippen molar-refractivity contribution in [2.75, 3.05) is 0 Å². The molecular formula is C12H12N5S+. The molecule has 90 valence electrons. The van der Waals surface area contributed by atoms with Gasteiger partial charge in [0.05, 0.1) is 6.20 Å². The van der Waals surface area contributed by atoms with Crippen molar-refractivity contribution in [1.82, 2.24) is 0 Å². The van der Waals surface area contributed by atoms with E-state index in [-0.39, 0.29) is 4.70 Å². The van der Waals surface area contributed by atoms with Crippen LogP contribution < -0.4 is 5.84 Å². The van der Waals surface area contributed by atoms with E-state index in [1.165, 1.54) is 5.56 Å². The van der Waals surface area contributed by atoms with Crippen molar-refractivity contribution in [3.05, 3.63) is 48.3 Å². The Labute approximate surface area is 109 Å². The van der Waals surface area contributed by atoms with Gasteiger partial charge in [-0.2, -0.15) is 4.99 Å². The van der Waals surface area contributed by atoms with E-state index in [2.05, 4.69) is 27.2 Å². The summed E-state index contributed by atoms with van der Waals surface area (Å²) in [6.45, 7) is 0. The fourth-order valence-electron chi connectivity index (χ4n) is 1.66. The topological polar surface area (TPSA) is 63.1 Å². The summed E-state index contributed by atoms with van der Waals surface area (Å²) in [6, 6.07) is 10.2. The Morgan fingerprint density at radius 3 is 2.83 bits per heavy atom. The molecule has 0 saturated carbocycles. The summed E-state index contributed by atoms with van der Waals surface area (Å²) in [5.74, 6) is 7.53. The van der Waals surface area contributed by atoms with Crippen LogP contribution in [0.3, 0.4) is 0 Å². The molecule has 0 spiro atoms. The van der Waals surface area contributed by atoms with E-state index in [1.807, 2.05) is 18.2 Å². The lowest BCUT2D eigenvalue weighted by Crippen LogP contribution is -2.49. The van der Waals surface area contributed by atoms with E-state index in [0.717, 1.165) is 5.75 Å². The molecule has 0 amide bonds. The molecule has 0 aliphatic carbocycles. The van der Waals surface area contributed by atoms with E-state index >= 15 is 0 Å². The summed E-state index contributed by atoms with van der Waals surface area (Å²) < 4.78 is -0.124. The van der Waals surface area contributed by atoms with Crippen LogP contribution in [0.4, 0.5) is 0 Å². The zero-order chi connectivity index (χ0) is 12.4. The monoisotopic (exact) mass is 258 g/mol. The standard InChI is InChI=1S/C12H12N5S/c13-17-7-6-14-8-11(17)15-12(16-17)18-9-10-4-2-1-3-5-10/h1-8H,9,13H2/q+1. The lowest BCUT2D eigenvalue weighted by atomic mass is 10.2. The number of thioether (sulfide) groups is 1. The van der Waals surface area contributed by atoms with Crippen LogP contribution in [0, 0.1) is 0 Å². The molecule has 2 N–H and O–H groups in total. The maximum absolute atomic E-state index is 6.05. The minimum absolute atomic E-state index is 0.124. The van der Waals surface area contributed by atoms with Crippen LogP contribution >= 0.6 is 11.8 Å². The first-order chi connectivity index (χ1) is 8.76. The van der Waals surface area contributed by atoms with Crippen LogP contribution in [0.25, 0.3) is 0 Å². The van der Waals surface area contributed by atoms with Gasteiger partial charge in [0.2, 0.25) is 0 Å². The predicted octanol–water partition coefficient (Wildman–Crippen LogP) is 1.85. The van der Waals surface area contributed by atoms with E-state index in [1.54, 1.807) is 30.4 Å². The molecule has 5 nitrogen and oxygen atoms in total. The Morgan fingerprint density at radius 1 is 1.22 bits per heavy atom. The van der Waals surface area contributed by atoms with Crippen molar-refractivity contribution in [3.8, 4) is 0 Å². The third kappa shape index (κ3) is 2.13. The summed E-state index contributed by atoms with van der Waals surface area (Å²) in [5, 5.41) is 5.06. The van der Waals surface area contributed by atoms with Crippen molar-refractivity contribution in [2.45, 2.75) is 5.75 Å². The van der Waals surface area contributed by atoms with Gasteiger partial charge >= 0.3 is 5.84 Å². The Hall–Kier alpha value is -1.76. The second-order valence-electron chi connectivity index (χ2n) is 3.94. The van der Waals surface area contributed by atoms with Gasteiger partial charge in [0, 0.05) is 5.75 Å². The number of nitrogens with two attached hydrogens (primary N) is 1. The number of aliphatic imine (C=N–C) groups is 2. The average Bonchev–Trinajstić information content (AvgIpc) is 2.74. The molecular weight excluding hydrogens is 246 g/mol. The number of amidine groups is 2. The maximum Gasteiger partial charge on any atom is 0.300 e. The normalized spacial score (nSPS) is 24.7. The van der Waals surface area contributed by atoms with Crippen molar-refractivity contribution >= 4 is 29.0 Å². The van der Waals surface area contributed by atoms with Gasteiger partial charge in [-0.05, 0) is 15.4 Å². The van der Waals surface area contributed by atoms with Crippen molar-refractivity contribution in [3.63, 3.8) is 0 Å². The summed E-state index contributed by atoms with van der Waals surface area (Å²) in [5.41, 5.74) is 1.24. The SMILES string of the molecule is N[N+]12C=CN=CC1=NC(SCc1ccccc1)=N2. The molecule has 3 rings (SSSR count). The summed E-state index contributed by atoms with van der Waals surface area (Å²) in [7, 11) is 0. The fourth-order valence-corrected chi connectivity index (χ4v) is 2.50. The highest BCUT2D eigenvalue weighted by Crippen LogP contribution is 2.22. The van der Waals surface area contributed by atoms with Crippen LogP contribution in [-0.4, -0.2) is 21.9 Å². The number of hydrogen-bond donors (Lipinski definition) is 1. The highest BCUT2D eigenvalue weighted by Gasteiger charge is 2.36. The van der Waals surface area contributed by atoms with Crippen LogP contribution in [-0.2, 0) is 5.75 Å². The smallest absolute Gasteiger partial charge is 0.251 e. The molecule has 6 heteroatoms. The minimum atomic E-state index is -0.124. The fraction of sp³-hybridized carbons (Fsp3) is 0.0833. The van der Waals surface area contributed by atoms with Crippen molar-refractivity contribution in [2.24, 2.45) is 20.9 Å². The van der Waals surface area contributed by atoms with Gasteiger partial charge < -0.3 is 0 Å². The average molecular weight is 258 g/mol. The van der Waals surface area contributed by atoms with Gasteiger partial charge in [0.15, 0.2) is 6.20 Å². The molecule has 0 saturated heterocycles. The third-order valence-corrected chi connectivity index (χ3v) is 3.52. The molecule has 18 heavy (non-hydrogen) atoms. The number of fused-ring (bicyclic) bond motifs is 1. The lowest BCUT2D eigenvalue weighted by Gasteiger charge is -2.16. The third-order valence-electron chi connectivity index (χ3n) is 2.61. The number of rotatable bonds is 2. The second kappa shape index (κ2) is 4.49. The molecule has 2 aliphatic heterocycles. The second-order valence-corrected chi connectivity index (χ2v) is 4.88. The summed E-state index contributed by atoms with van der Waals surface area (Å²) in [6.07, 6.45) is 4.97. The van der Waals surface area contributed by atoms with Gasteiger partial charge in [0.1, 0.15) is 6.21 Å². The Morgan fingerprint density at radius 2 is 2.06 bits per heavy atom. The highest BCUT2D eigenvalue weighted by atomic mass is 32.2. The van der Waals surface area contributed by atoms with E-state index in [4.69, 9.17) is 5.84 Å². The highest BCUT2D eigenvalue weighted by molar-refractivity contribution is 8.13. The van der Waals surface area contributed by atoms with Gasteiger partial charge in [-0.25, -0.2) is 0 Å². The Balaban J connectivity index is 1.72. The van der Waals surface area contributed by atoms with Gasteiger partial charge in [-0.15, -0.1) is 5.84 Å². The number of hydrogen-bond acceptors (Lipinski definition) is 5. The largest absolute Gasteiger partial charge is 0.300 e. The van der Waals surface area contributed by atoms with E-state index in [9.17, 15) is 0 Å².